The van der Waals surface area contributed by atoms with Crippen LogP contribution in [0.1, 0.15) is 27.2 Å². The van der Waals surface area contributed by atoms with Crippen LogP contribution in [0.5, 0.6) is 0 Å². The largest absolute Gasteiger partial charge is 0.469 e. The van der Waals surface area contributed by atoms with Gasteiger partial charge in [-0.1, -0.05) is 12.2 Å². The monoisotopic (exact) mass is 313 g/mol. The van der Waals surface area contributed by atoms with Crippen molar-refractivity contribution < 1.29 is 28.6 Å². The van der Waals surface area contributed by atoms with E-state index in [2.05, 4.69) is 10.1 Å². The summed E-state index contributed by atoms with van der Waals surface area (Å²) in [5, 5.41) is 2.62. The standard InChI is InChI=1S/C15H23NO6/c1-15(2,3)22-14(19)16-11-7-6-9(12(17)20-4)8-10(11)13(18)21-5/h6-7,9-11H,8H2,1-5H3,(H,16,19)/t9-,10-,11+/m1/s1. The number of amides is 1. The Labute approximate surface area is 130 Å². The highest BCUT2D eigenvalue weighted by Gasteiger charge is 2.37. The lowest BCUT2D eigenvalue weighted by atomic mass is 9.83. The summed E-state index contributed by atoms with van der Waals surface area (Å²) in [6.45, 7) is 5.23. The highest BCUT2D eigenvalue weighted by molar-refractivity contribution is 5.80. The fraction of sp³-hybridized carbons (Fsp3) is 0.667. The number of nitrogens with one attached hydrogen (secondary N) is 1. The van der Waals surface area contributed by atoms with Gasteiger partial charge in [-0.05, 0) is 27.2 Å². The van der Waals surface area contributed by atoms with Crippen molar-refractivity contribution in [1.29, 1.82) is 0 Å². The molecule has 0 fully saturated rings. The number of methoxy groups -OCH3 is 2. The maximum Gasteiger partial charge on any atom is 0.408 e. The summed E-state index contributed by atoms with van der Waals surface area (Å²) in [4.78, 5) is 35.3. The average molecular weight is 313 g/mol. The molecule has 124 valence electrons. The Bertz CT molecular complexity index is 465. The van der Waals surface area contributed by atoms with E-state index in [4.69, 9.17) is 9.47 Å². The van der Waals surface area contributed by atoms with Gasteiger partial charge in [-0.15, -0.1) is 0 Å². The van der Waals surface area contributed by atoms with Crippen LogP contribution in [0.2, 0.25) is 0 Å². The van der Waals surface area contributed by atoms with Crippen LogP contribution in [0.25, 0.3) is 0 Å². The number of ether oxygens (including phenoxy) is 3. The van der Waals surface area contributed by atoms with E-state index in [9.17, 15) is 14.4 Å². The molecule has 0 aromatic heterocycles. The van der Waals surface area contributed by atoms with Gasteiger partial charge in [0.05, 0.1) is 32.1 Å². The number of alkyl carbamates (subject to hydrolysis) is 1. The molecular weight excluding hydrogens is 290 g/mol. The van der Waals surface area contributed by atoms with Crippen molar-refractivity contribution in [3.05, 3.63) is 12.2 Å². The molecule has 1 amide bonds. The van der Waals surface area contributed by atoms with Gasteiger partial charge in [0.2, 0.25) is 0 Å². The summed E-state index contributed by atoms with van der Waals surface area (Å²) in [5.74, 6) is -2.14. The number of carbonyl (C=O) groups excluding carboxylic acids is 3. The van der Waals surface area contributed by atoms with E-state index in [1.807, 2.05) is 0 Å². The van der Waals surface area contributed by atoms with Crippen molar-refractivity contribution in [2.75, 3.05) is 14.2 Å². The molecule has 1 aliphatic rings. The van der Waals surface area contributed by atoms with Crippen LogP contribution in [0.15, 0.2) is 12.2 Å². The number of hydrogen-bond acceptors (Lipinski definition) is 6. The Hall–Kier alpha value is -2.05. The predicted molar refractivity (Wildman–Crippen MR) is 77.9 cm³/mol. The van der Waals surface area contributed by atoms with Gasteiger partial charge >= 0.3 is 18.0 Å². The third kappa shape index (κ3) is 5.05. The zero-order valence-electron chi connectivity index (χ0n) is 13.5. The second kappa shape index (κ2) is 7.29. The quantitative estimate of drug-likeness (QED) is 0.481. The Morgan fingerprint density at radius 3 is 2.14 bits per heavy atom. The maximum atomic E-state index is 11.9. The van der Waals surface area contributed by atoms with Crippen molar-refractivity contribution in [3.63, 3.8) is 0 Å². The van der Waals surface area contributed by atoms with E-state index >= 15 is 0 Å². The minimum Gasteiger partial charge on any atom is -0.469 e. The second-order valence-electron chi connectivity index (χ2n) is 6.05. The first-order valence-corrected chi connectivity index (χ1v) is 7.01. The SMILES string of the molecule is COC(=O)[C@@H]1C=C[C@H](NC(=O)OC(C)(C)C)[C@H](C(=O)OC)C1. The lowest BCUT2D eigenvalue weighted by Crippen LogP contribution is -2.47. The molecule has 0 radical (unpaired) electrons. The van der Waals surface area contributed by atoms with Crippen LogP contribution in [0.4, 0.5) is 4.79 Å². The Kier molecular flexibility index (Phi) is 5.96. The minimum atomic E-state index is -0.674. The molecule has 0 aliphatic heterocycles. The van der Waals surface area contributed by atoms with Gasteiger partial charge < -0.3 is 19.5 Å². The molecule has 0 saturated carbocycles. The molecule has 0 saturated heterocycles. The molecule has 1 rings (SSSR count). The fourth-order valence-corrected chi connectivity index (χ4v) is 2.20. The summed E-state index contributed by atoms with van der Waals surface area (Å²) >= 11 is 0. The maximum absolute atomic E-state index is 11.9. The van der Waals surface area contributed by atoms with E-state index in [1.165, 1.54) is 14.2 Å². The van der Waals surface area contributed by atoms with E-state index in [-0.39, 0.29) is 6.42 Å². The Morgan fingerprint density at radius 2 is 1.64 bits per heavy atom. The molecule has 0 aromatic rings. The molecule has 0 spiro atoms. The fourth-order valence-electron chi connectivity index (χ4n) is 2.20. The normalized spacial score (nSPS) is 24.3. The van der Waals surface area contributed by atoms with Gasteiger partial charge in [-0.3, -0.25) is 9.59 Å². The van der Waals surface area contributed by atoms with Crippen molar-refractivity contribution in [1.82, 2.24) is 5.32 Å². The highest BCUT2D eigenvalue weighted by atomic mass is 16.6. The average Bonchev–Trinajstić information content (AvgIpc) is 2.43. The summed E-state index contributed by atoms with van der Waals surface area (Å²) in [6.07, 6.45) is 2.78. The van der Waals surface area contributed by atoms with Gasteiger partial charge in [0, 0.05) is 0 Å². The molecule has 1 aliphatic carbocycles. The molecule has 7 heteroatoms. The molecule has 3 atom stereocenters. The summed E-state index contributed by atoms with van der Waals surface area (Å²) in [7, 11) is 2.55. The lowest BCUT2D eigenvalue weighted by Gasteiger charge is -2.30. The van der Waals surface area contributed by atoms with Crippen LogP contribution in [-0.4, -0.2) is 43.9 Å². The van der Waals surface area contributed by atoms with Crippen LogP contribution in [-0.2, 0) is 23.8 Å². The molecule has 0 unspecified atom stereocenters. The zero-order valence-corrected chi connectivity index (χ0v) is 13.5. The summed E-state index contributed by atoms with van der Waals surface area (Å²) in [6, 6.07) is -0.594. The molecule has 0 bridgehead atoms. The first kappa shape index (κ1) is 18.0. The highest BCUT2D eigenvalue weighted by Crippen LogP contribution is 2.26. The van der Waals surface area contributed by atoms with Crippen molar-refractivity contribution in [2.24, 2.45) is 11.8 Å². The molecular formula is C15H23NO6. The van der Waals surface area contributed by atoms with Crippen LogP contribution >= 0.6 is 0 Å². The van der Waals surface area contributed by atoms with E-state index in [0.717, 1.165) is 0 Å². The van der Waals surface area contributed by atoms with Gasteiger partial charge in [-0.25, -0.2) is 4.79 Å². The van der Waals surface area contributed by atoms with E-state index < -0.39 is 41.5 Å². The predicted octanol–water partition coefficient (Wildman–Crippen LogP) is 1.42. The number of rotatable bonds is 3. The third-order valence-electron chi connectivity index (χ3n) is 3.18. The Morgan fingerprint density at radius 1 is 1.05 bits per heavy atom. The first-order chi connectivity index (χ1) is 10.2. The number of hydrogen-bond donors (Lipinski definition) is 1. The Balaban J connectivity index is 2.84. The topological polar surface area (TPSA) is 90.9 Å². The minimum absolute atomic E-state index is 0.205. The number of esters is 2. The second-order valence-corrected chi connectivity index (χ2v) is 6.05. The molecule has 22 heavy (non-hydrogen) atoms. The van der Waals surface area contributed by atoms with Crippen molar-refractivity contribution >= 4 is 18.0 Å². The molecule has 0 heterocycles. The molecule has 0 aromatic carbocycles. The third-order valence-corrected chi connectivity index (χ3v) is 3.18. The first-order valence-electron chi connectivity index (χ1n) is 7.01. The summed E-state index contributed by atoms with van der Waals surface area (Å²) in [5.41, 5.74) is -0.641. The van der Waals surface area contributed by atoms with Gasteiger partial charge in [0.1, 0.15) is 5.60 Å². The van der Waals surface area contributed by atoms with Crippen LogP contribution in [0.3, 0.4) is 0 Å². The van der Waals surface area contributed by atoms with Crippen LogP contribution < -0.4 is 5.32 Å². The smallest absolute Gasteiger partial charge is 0.408 e. The van der Waals surface area contributed by atoms with Crippen molar-refractivity contribution in [3.8, 4) is 0 Å². The molecule has 7 nitrogen and oxygen atoms in total. The lowest BCUT2D eigenvalue weighted by molar-refractivity contribution is -0.149. The van der Waals surface area contributed by atoms with E-state index in [0.29, 0.717) is 0 Å². The molecule has 1 N–H and O–H groups in total. The van der Waals surface area contributed by atoms with Gasteiger partial charge in [-0.2, -0.15) is 0 Å². The number of carbonyl (C=O) groups is 3. The van der Waals surface area contributed by atoms with E-state index in [1.54, 1.807) is 32.9 Å². The van der Waals surface area contributed by atoms with Gasteiger partial charge in [0.25, 0.3) is 0 Å². The van der Waals surface area contributed by atoms with Crippen LogP contribution in [0, 0.1) is 11.8 Å². The van der Waals surface area contributed by atoms with Gasteiger partial charge in [0.15, 0.2) is 0 Å². The zero-order chi connectivity index (χ0) is 16.9. The summed E-state index contributed by atoms with van der Waals surface area (Å²) < 4.78 is 14.6. The van der Waals surface area contributed by atoms with Crippen molar-refractivity contribution in [2.45, 2.75) is 38.8 Å².